The Hall–Kier alpha value is -1.65. The van der Waals surface area contributed by atoms with E-state index in [-0.39, 0.29) is 6.04 Å². The maximum atomic E-state index is 5.81. The van der Waals surface area contributed by atoms with Crippen LogP contribution in [0.4, 0.5) is 0 Å². The first-order valence-corrected chi connectivity index (χ1v) is 8.15. The maximum absolute atomic E-state index is 5.81. The summed E-state index contributed by atoms with van der Waals surface area (Å²) in [6, 6.07) is 8.45. The van der Waals surface area contributed by atoms with Crippen molar-refractivity contribution >= 4 is 22.3 Å². The van der Waals surface area contributed by atoms with Crippen LogP contribution in [-0.4, -0.2) is 4.98 Å². The molecule has 3 nitrogen and oxygen atoms in total. The summed E-state index contributed by atoms with van der Waals surface area (Å²) in [4.78, 5) is 5.84. The summed E-state index contributed by atoms with van der Waals surface area (Å²) in [7, 11) is 0. The molecule has 110 valence electrons. The number of furan rings is 1. The molecular weight excluding hydrogens is 280 g/mol. The third kappa shape index (κ3) is 2.87. The van der Waals surface area contributed by atoms with Gasteiger partial charge in [0.2, 0.25) is 0 Å². The molecule has 0 aliphatic rings. The molecule has 0 bridgehead atoms. The van der Waals surface area contributed by atoms with Crippen LogP contribution in [0.2, 0.25) is 0 Å². The van der Waals surface area contributed by atoms with Gasteiger partial charge < -0.3 is 9.73 Å². The molecule has 21 heavy (non-hydrogen) atoms. The van der Waals surface area contributed by atoms with Crippen LogP contribution in [0.5, 0.6) is 0 Å². The lowest BCUT2D eigenvalue weighted by Gasteiger charge is -2.10. The summed E-state index contributed by atoms with van der Waals surface area (Å²) in [5, 5.41) is 5.91. The van der Waals surface area contributed by atoms with E-state index in [9.17, 15) is 0 Å². The van der Waals surface area contributed by atoms with E-state index in [0.717, 1.165) is 29.3 Å². The van der Waals surface area contributed by atoms with Crippen molar-refractivity contribution in [3.63, 3.8) is 0 Å². The van der Waals surface area contributed by atoms with Crippen molar-refractivity contribution in [1.82, 2.24) is 10.3 Å². The van der Waals surface area contributed by atoms with E-state index >= 15 is 0 Å². The van der Waals surface area contributed by atoms with Gasteiger partial charge in [-0.15, -0.1) is 11.3 Å². The minimum absolute atomic E-state index is 0.253. The van der Waals surface area contributed by atoms with Gasteiger partial charge in [0.15, 0.2) is 0 Å². The molecule has 0 saturated heterocycles. The van der Waals surface area contributed by atoms with E-state index in [1.807, 2.05) is 25.3 Å². The molecule has 1 unspecified atom stereocenters. The highest BCUT2D eigenvalue weighted by atomic mass is 32.1. The first-order valence-electron chi connectivity index (χ1n) is 7.34. The number of aryl methyl sites for hydroxylation is 2. The Labute approximate surface area is 129 Å². The number of nitrogens with zero attached hydrogens (tertiary/aromatic N) is 1. The van der Waals surface area contributed by atoms with Crippen LogP contribution in [0.1, 0.15) is 41.1 Å². The predicted octanol–water partition coefficient (Wildman–Crippen LogP) is 4.61. The smallest absolute Gasteiger partial charge is 0.134 e. The Morgan fingerprint density at radius 1 is 1.33 bits per heavy atom. The minimum atomic E-state index is 0.253. The minimum Gasteiger partial charge on any atom is -0.461 e. The molecule has 0 amide bonds. The van der Waals surface area contributed by atoms with E-state index < -0.39 is 0 Å². The molecule has 1 atom stereocenters. The van der Waals surface area contributed by atoms with Crippen molar-refractivity contribution < 1.29 is 4.42 Å². The van der Waals surface area contributed by atoms with Crippen LogP contribution in [0.15, 0.2) is 34.9 Å². The Morgan fingerprint density at radius 2 is 2.14 bits per heavy atom. The lowest BCUT2D eigenvalue weighted by molar-refractivity contribution is 0.543. The van der Waals surface area contributed by atoms with Crippen molar-refractivity contribution in [2.45, 2.75) is 39.8 Å². The van der Waals surface area contributed by atoms with Gasteiger partial charge in [-0.3, -0.25) is 0 Å². The predicted molar refractivity (Wildman–Crippen MR) is 87.7 cm³/mol. The van der Waals surface area contributed by atoms with Crippen LogP contribution < -0.4 is 5.32 Å². The molecule has 0 aliphatic carbocycles. The van der Waals surface area contributed by atoms with Crippen molar-refractivity contribution in [2.75, 3.05) is 0 Å². The average Bonchev–Trinajstić information content (AvgIpc) is 3.08. The Morgan fingerprint density at radius 3 is 2.90 bits per heavy atom. The third-order valence-corrected chi connectivity index (χ3v) is 5.10. The first-order chi connectivity index (χ1) is 10.2. The second-order valence-corrected chi connectivity index (χ2v) is 6.40. The topological polar surface area (TPSA) is 38.1 Å². The van der Waals surface area contributed by atoms with Gasteiger partial charge in [-0.25, -0.2) is 4.98 Å². The lowest BCUT2D eigenvalue weighted by Crippen LogP contribution is -2.18. The van der Waals surface area contributed by atoms with Crippen LogP contribution in [0.25, 0.3) is 11.0 Å². The number of fused-ring (bicyclic) bond motifs is 1. The summed E-state index contributed by atoms with van der Waals surface area (Å²) in [6.45, 7) is 7.15. The van der Waals surface area contributed by atoms with Crippen molar-refractivity contribution in [3.8, 4) is 0 Å². The highest BCUT2D eigenvalue weighted by Crippen LogP contribution is 2.26. The molecule has 0 spiro atoms. The molecule has 0 fully saturated rings. The van der Waals surface area contributed by atoms with Gasteiger partial charge in [-0.2, -0.15) is 0 Å². The molecule has 1 N–H and O–H groups in total. The first kappa shape index (κ1) is 14.3. The Bertz CT molecular complexity index is 744. The lowest BCUT2D eigenvalue weighted by atomic mass is 10.1. The van der Waals surface area contributed by atoms with Gasteiger partial charge in [0.25, 0.3) is 0 Å². The number of nitrogens with one attached hydrogen (secondary N) is 1. The summed E-state index contributed by atoms with van der Waals surface area (Å²) >= 11 is 1.79. The fourth-order valence-electron chi connectivity index (χ4n) is 2.47. The molecule has 0 saturated carbocycles. The monoisotopic (exact) mass is 300 g/mol. The SMILES string of the molecule is CCc1cnc(C(C)NCc2c(C)oc3ccccc23)s1. The summed E-state index contributed by atoms with van der Waals surface area (Å²) in [6.07, 6.45) is 3.03. The standard InChI is InChI=1S/C17H20N2OS/c1-4-13-9-19-17(21-13)11(2)18-10-15-12(3)20-16-8-6-5-7-14(15)16/h5-9,11,18H,4,10H2,1-3H3. The van der Waals surface area contributed by atoms with Crippen LogP contribution >= 0.6 is 11.3 Å². The van der Waals surface area contributed by atoms with Gasteiger partial charge in [0, 0.05) is 28.6 Å². The molecule has 2 heterocycles. The molecule has 1 aromatic carbocycles. The zero-order valence-corrected chi connectivity index (χ0v) is 13.5. The average molecular weight is 300 g/mol. The summed E-state index contributed by atoms with van der Waals surface area (Å²) < 4.78 is 5.81. The fraction of sp³-hybridized carbons (Fsp3) is 0.353. The van der Waals surface area contributed by atoms with E-state index in [2.05, 4.69) is 36.3 Å². The fourth-order valence-corrected chi connectivity index (χ4v) is 3.35. The number of aromatic nitrogens is 1. The van der Waals surface area contributed by atoms with Crippen LogP contribution in [0.3, 0.4) is 0 Å². The van der Waals surface area contributed by atoms with Gasteiger partial charge in [-0.05, 0) is 26.3 Å². The molecule has 4 heteroatoms. The van der Waals surface area contributed by atoms with Crippen molar-refractivity contribution in [2.24, 2.45) is 0 Å². The largest absolute Gasteiger partial charge is 0.461 e. The van der Waals surface area contributed by atoms with Gasteiger partial charge in [0.1, 0.15) is 16.4 Å². The zero-order chi connectivity index (χ0) is 14.8. The second kappa shape index (κ2) is 6.00. The highest BCUT2D eigenvalue weighted by molar-refractivity contribution is 7.11. The number of para-hydroxylation sites is 1. The molecule has 2 aromatic heterocycles. The zero-order valence-electron chi connectivity index (χ0n) is 12.6. The van der Waals surface area contributed by atoms with Gasteiger partial charge in [-0.1, -0.05) is 25.1 Å². The molecule has 0 radical (unpaired) electrons. The third-order valence-electron chi connectivity index (χ3n) is 3.78. The highest BCUT2D eigenvalue weighted by Gasteiger charge is 2.13. The number of rotatable bonds is 5. The van der Waals surface area contributed by atoms with Crippen molar-refractivity contribution in [1.29, 1.82) is 0 Å². The summed E-state index contributed by atoms with van der Waals surface area (Å²) in [5.74, 6) is 0.990. The van der Waals surface area contributed by atoms with E-state index in [0.29, 0.717) is 0 Å². The normalized spacial score (nSPS) is 12.9. The quantitative estimate of drug-likeness (QED) is 0.747. The van der Waals surface area contributed by atoms with Crippen LogP contribution in [-0.2, 0) is 13.0 Å². The van der Waals surface area contributed by atoms with Gasteiger partial charge in [0.05, 0.1) is 6.04 Å². The summed E-state index contributed by atoms with van der Waals surface area (Å²) in [5.41, 5.74) is 2.20. The maximum Gasteiger partial charge on any atom is 0.134 e. The number of benzene rings is 1. The van der Waals surface area contributed by atoms with Crippen molar-refractivity contribution in [3.05, 3.63) is 51.7 Å². The molecular formula is C17H20N2OS. The number of hydrogen-bond donors (Lipinski definition) is 1. The van der Waals surface area contributed by atoms with E-state index in [1.54, 1.807) is 11.3 Å². The number of hydrogen-bond acceptors (Lipinski definition) is 4. The second-order valence-electron chi connectivity index (χ2n) is 5.25. The van der Waals surface area contributed by atoms with Gasteiger partial charge >= 0.3 is 0 Å². The Balaban J connectivity index is 1.75. The van der Waals surface area contributed by atoms with Crippen LogP contribution in [0, 0.1) is 6.92 Å². The Kier molecular flexibility index (Phi) is 4.08. The molecule has 3 aromatic rings. The van der Waals surface area contributed by atoms with E-state index in [1.165, 1.54) is 15.8 Å². The molecule has 3 rings (SSSR count). The van der Waals surface area contributed by atoms with E-state index in [4.69, 9.17) is 4.42 Å². The number of thiazole rings is 1. The molecule has 0 aliphatic heterocycles.